The molecule has 1 amide bonds. The summed E-state index contributed by atoms with van der Waals surface area (Å²) in [4.78, 5) is 13.2. The zero-order valence-electron chi connectivity index (χ0n) is 13.5. The van der Waals surface area contributed by atoms with Gasteiger partial charge in [0.15, 0.2) is 0 Å². The lowest BCUT2D eigenvalue weighted by atomic mass is 10.1. The summed E-state index contributed by atoms with van der Waals surface area (Å²) < 4.78 is 5.51. The van der Waals surface area contributed by atoms with E-state index in [1.165, 1.54) is 11.8 Å². The Kier molecular flexibility index (Phi) is 6.27. The van der Waals surface area contributed by atoms with Gasteiger partial charge in [0.25, 0.3) is 0 Å². The van der Waals surface area contributed by atoms with Gasteiger partial charge in [-0.15, -0.1) is 11.8 Å². The minimum Gasteiger partial charge on any atom is -0.459 e. The molecule has 0 saturated carbocycles. The SMILES string of the molecule is O=C(CSc1ccc(Cl)cc1)Nc1ccc(Cl)c(-c2ccc(CO)o2)c1. The van der Waals surface area contributed by atoms with Gasteiger partial charge in [-0.3, -0.25) is 4.79 Å². The highest BCUT2D eigenvalue weighted by atomic mass is 35.5. The number of halogens is 2. The third-order valence-electron chi connectivity index (χ3n) is 3.52. The van der Waals surface area contributed by atoms with Crippen molar-refractivity contribution in [1.82, 2.24) is 0 Å². The van der Waals surface area contributed by atoms with E-state index in [4.69, 9.17) is 32.7 Å². The number of aliphatic hydroxyl groups is 1. The van der Waals surface area contributed by atoms with E-state index in [1.807, 2.05) is 12.1 Å². The predicted octanol–water partition coefficient (Wildman–Crippen LogP) is 5.48. The highest BCUT2D eigenvalue weighted by Gasteiger charge is 2.11. The number of carbonyl (C=O) groups is 1. The van der Waals surface area contributed by atoms with Crippen molar-refractivity contribution in [3.8, 4) is 11.3 Å². The number of nitrogens with one attached hydrogen (secondary N) is 1. The smallest absolute Gasteiger partial charge is 0.234 e. The maximum absolute atomic E-state index is 12.2. The molecule has 3 aromatic rings. The van der Waals surface area contributed by atoms with Crippen LogP contribution in [0.15, 0.2) is 63.9 Å². The Hall–Kier alpha value is -1.92. The molecule has 0 saturated heterocycles. The van der Waals surface area contributed by atoms with Crippen LogP contribution in [0, 0.1) is 0 Å². The second-order valence-corrected chi connectivity index (χ2v) is 7.30. The van der Waals surface area contributed by atoms with Crippen molar-refractivity contribution in [1.29, 1.82) is 0 Å². The molecule has 4 nitrogen and oxygen atoms in total. The average molecular weight is 408 g/mol. The summed E-state index contributed by atoms with van der Waals surface area (Å²) in [5, 5.41) is 13.1. The first kappa shape index (κ1) is 18.9. The first-order valence-corrected chi connectivity index (χ1v) is 9.47. The van der Waals surface area contributed by atoms with E-state index >= 15 is 0 Å². The van der Waals surface area contributed by atoms with Crippen LogP contribution in [0.25, 0.3) is 11.3 Å². The lowest BCUT2D eigenvalue weighted by molar-refractivity contribution is -0.113. The quantitative estimate of drug-likeness (QED) is 0.531. The van der Waals surface area contributed by atoms with Crippen LogP contribution >= 0.6 is 35.0 Å². The van der Waals surface area contributed by atoms with Gasteiger partial charge in [0.1, 0.15) is 18.1 Å². The maximum atomic E-state index is 12.2. The monoisotopic (exact) mass is 407 g/mol. The van der Waals surface area contributed by atoms with Gasteiger partial charge in [0, 0.05) is 21.2 Å². The standard InChI is InChI=1S/C19H15Cl2NO3S/c20-12-1-5-15(6-2-12)26-11-19(24)22-13-3-7-17(21)16(9-13)18-8-4-14(10-23)25-18/h1-9,23H,10-11H2,(H,22,24). The summed E-state index contributed by atoms with van der Waals surface area (Å²) in [7, 11) is 0. The molecule has 3 rings (SSSR count). The zero-order chi connectivity index (χ0) is 18.5. The highest BCUT2D eigenvalue weighted by molar-refractivity contribution is 8.00. The largest absolute Gasteiger partial charge is 0.459 e. The predicted molar refractivity (Wildman–Crippen MR) is 106 cm³/mol. The molecule has 1 aromatic heterocycles. The fourth-order valence-electron chi connectivity index (χ4n) is 2.28. The van der Waals surface area contributed by atoms with Crippen molar-refractivity contribution in [2.24, 2.45) is 0 Å². The van der Waals surface area contributed by atoms with E-state index in [2.05, 4.69) is 5.32 Å². The van der Waals surface area contributed by atoms with Crippen LogP contribution in [-0.4, -0.2) is 16.8 Å². The Labute approximate surface area is 165 Å². The number of hydrogen-bond acceptors (Lipinski definition) is 4. The summed E-state index contributed by atoms with van der Waals surface area (Å²) in [6.07, 6.45) is 0. The Balaban J connectivity index is 1.66. The van der Waals surface area contributed by atoms with Gasteiger partial charge in [0.05, 0.1) is 10.8 Å². The normalized spacial score (nSPS) is 10.7. The highest BCUT2D eigenvalue weighted by Crippen LogP contribution is 2.32. The topological polar surface area (TPSA) is 62.5 Å². The molecular weight excluding hydrogens is 393 g/mol. The Morgan fingerprint density at radius 2 is 1.85 bits per heavy atom. The number of carbonyl (C=O) groups excluding carboxylic acids is 1. The molecule has 0 aliphatic heterocycles. The van der Waals surface area contributed by atoms with E-state index in [-0.39, 0.29) is 18.3 Å². The van der Waals surface area contributed by atoms with Crippen molar-refractivity contribution >= 4 is 46.6 Å². The summed E-state index contributed by atoms with van der Waals surface area (Å²) in [5.41, 5.74) is 1.27. The number of hydrogen-bond donors (Lipinski definition) is 2. The van der Waals surface area contributed by atoms with Crippen molar-refractivity contribution in [2.75, 3.05) is 11.1 Å². The molecule has 7 heteroatoms. The molecule has 0 aliphatic carbocycles. The first-order chi connectivity index (χ1) is 12.5. The van der Waals surface area contributed by atoms with Gasteiger partial charge < -0.3 is 14.8 Å². The molecule has 0 atom stereocenters. The van der Waals surface area contributed by atoms with E-state index < -0.39 is 0 Å². The fraction of sp³-hybridized carbons (Fsp3) is 0.105. The van der Waals surface area contributed by atoms with Gasteiger partial charge in [-0.2, -0.15) is 0 Å². The molecule has 1 heterocycles. The van der Waals surface area contributed by atoms with Crippen LogP contribution in [-0.2, 0) is 11.4 Å². The molecule has 0 aliphatic rings. The van der Waals surface area contributed by atoms with Crippen molar-refractivity contribution in [3.05, 3.63) is 70.4 Å². The third-order valence-corrected chi connectivity index (χ3v) is 5.11. The summed E-state index contributed by atoms with van der Waals surface area (Å²) in [5.74, 6) is 1.12. The van der Waals surface area contributed by atoms with E-state index in [0.717, 1.165) is 4.90 Å². The Morgan fingerprint density at radius 1 is 1.08 bits per heavy atom. The molecule has 0 radical (unpaired) electrons. The number of amides is 1. The van der Waals surface area contributed by atoms with Crippen LogP contribution in [0.1, 0.15) is 5.76 Å². The Morgan fingerprint density at radius 3 is 2.54 bits per heavy atom. The minimum absolute atomic E-state index is 0.131. The summed E-state index contributed by atoms with van der Waals surface area (Å²) >= 11 is 13.5. The molecule has 0 bridgehead atoms. The number of thioether (sulfide) groups is 1. The van der Waals surface area contributed by atoms with Gasteiger partial charge in [-0.25, -0.2) is 0 Å². The first-order valence-electron chi connectivity index (χ1n) is 7.73. The Bertz CT molecular complexity index is 909. The van der Waals surface area contributed by atoms with E-state index in [1.54, 1.807) is 42.5 Å². The van der Waals surface area contributed by atoms with Crippen molar-refractivity contribution in [3.63, 3.8) is 0 Å². The van der Waals surface area contributed by atoms with Gasteiger partial charge in [-0.05, 0) is 54.6 Å². The third kappa shape index (κ3) is 4.83. The maximum Gasteiger partial charge on any atom is 0.234 e. The van der Waals surface area contributed by atoms with Crippen molar-refractivity contribution in [2.45, 2.75) is 11.5 Å². The number of rotatable bonds is 6. The number of benzene rings is 2. The summed E-state index contributed by atoms with van der Waals surface area (Å²) in [6, 6.07) is 15.9. The zero-order valence-corrected chi connectivity index (χ0v) is 15.9. The number of furan rings is 1. The molecule has 0 spiro atoms. The fourth-order valence-corrected chi connectivity index (χ4v) is 3.31. The molecule has 0 fully saturated rings. The van der Waals surface area contributed by atoms with Crippen LogP contribution in [0.2, 0.25) is 10.0 Å². The molecule has 2 aromatic carbocycles. The van der Waals surface area contributed by atoms with Gasteiger partial charge in [0.2, 0.25) is 5.91 Å². The van der Waals surface area contributed by atoms with Gasteiger partial charge >= 0.3 is 0 Å². The number of aliphatic hydroxyl groups excluding tert-OH is 1. The van der Waals surface area contributed by atoms with Crippen LogP contribution < -0.4 is 5.32 Å². The lowest BCUT2D eigenvalue weighted by Crippen LogP contribution is -2.13. The van der Waals surface area contributed by atoms with E-state index in [0.29, 0.717) is 32.8 Å². The van der Waals surface area contributed by atoms with Crippen LogP contribution in [0.5, 0.6) is 0 Å². The minimum atomic E-state index is -0.185. The van der Waals surface area contributed by atoms with Gasteiger partial charge in [-0.1, -0.05) is 23.2 Å². The molecule has 2 N–H and O–H groups in total. The average Bonchev–Trinajstić information content (AvgIpc) is 3.12. The second kappa shape index (κ2) is 8.64. The molecule has 0 unspecified atom stereocenters. The number of anilines is 1. The molecule has 26 heavy (non-hydrogen) atoms. The van der Waals surface area contributed by atoms with Crippen molar-refractivity contribution < 1.29 is 14.3 Å². The molecule has 134 valence electrons. The molecular formula is C19H15Cl2NO3S. The van der Waals surface area contributed by atoms with E-state index in [9.17, 15) is 4.79 Å². The lowest BCUT2D eigenvalue weighted by Gasteiger charge is -2.08. The van der Waals surface area contributed by atoms with Crippen LogP contribution in [0.4, 0.5) is 5.69 Å². The second-order valence-electron chi connectivity index (χ2n) is 5.41. The van der Waals surface area contributed by atoms with Crippen LogP contribution in [0.3, 0.4) is 0 Å². The summed E-state index contributed by atoms with van der Waals surface area (Å²) in [6.45, 7) is -0.185.